The summed E-state index contributed by atoms with van der Waals surface area (Å²) in [5.41, 5.74) is 0. The topological polar surface area (TPSA) is 29.0 Å². The van der Waals surface area contributed by atoms with Crippen LogP contribution in [0, 0.1) is 5.82 Å². The molecule has 0 amide bonds. The highest BCUT2D eigenvalue weighted by atomic mass is 35.5. The molecule has 0 N–H and O–H groups in total. The van der Waals surface area contributed by atoms with Crippen LogP contribution in [-0.4, -0.2) is 23.1 Å². The van der Waals surface area contributed by atoms with Gasteiger partial charge in [-0.1, -0.05) is 11.6 Å². The molecule has 0 atom stereocenters. The fourth-order valence-corrected chi connectivity index (χ4v) is 1.79. The Morgan fingerprint density at radius 1 is 1.21 bits per heavy atom. The summed E-state index contributed by atoms with van der Waals surface area (Å²) in [6.45, 7) is 1.70. The van der Waals surface area contributed by atoms with Crippen LogP contribution in [0.1, 0.15) is 19.3 Å². The largest absolute Gasteiger partial charge is 0.354 e. The van der Waals surface area contributed by atoms with Crippen molar-refractivity contribution in [1.29, 1.82) is 0 Å². The molecule has 1 aromatic heterocycles. The first-order chi connectivity index (χ1) is 6.79. The fraction of sp³-hybridized carbons (Fsp3) is 0.556. The van der Waals surface area contributed by atoms with Crippen LogP contribution in [0.3, 0.4) is 0 Å². The molecule has 1 fully saturated rings. The molecule has 0 aliphatic carbocycles. The SMILES string of the molecule is Fc1c(Cl)ncnc1N1CCCCC1. The third-order valence-electron chi connectivity index (χ3n) is 2.38. The molecular formula is C9H11ClFN3. The summed E-state index contributed by atoms with van der Waals surface area (Å²) >= 11 is 5.58. The Bertz CT molecular complexity index is 326. The van der Waals surface area contributed by atoms with Gasteiger partial charge < -0.3 is 4.90 Å². The standard InChI is InChI=1S/C9H11ClFN3/c10-8-7(11)9(13-6-12-8)14-4-2-1-3-5-14/h6H,1-5H2. The van der Waals surface area contributed by atoms with Gasteiger partial charge in [-0.05, 0) is 19.3 Å². The van der Waals surface area contributed by atoms with Gasteiger partial charge in [-0.3, -0.25) is 0 Å². The zero-order valence-electron chi connectivity index (χ0n) is 7.71. The summed E-state index contributed by atoms with van der Waals surface area (Å²) in [5.74, 6) is -0.166. The predicted octanol–water partition coefficient (Wildman–Crippen LogP) is 2.26. The van der Waals surface area contributed by atoms with Crippen LogP contribution in [0.4, 0.5) is 10.2 Å². The maximum atomic E-state index is 13.5. The molecule has 5 heteroatoms. The molecule has 0 saturated carbocycles. The van der Waals surface area contributed by atoms with E-state index in [0.717, 1.165) is 25.9 Å². The second-order valence-corrected chi connectivity index (χ2v) is 3.71. The lowest BCUT2D eigenvalue weighted by molar-refractivity contribution is 0.547. The zero-order chi connectivity index (χ0) is 9.97. The number of aromatic nitrogens is 2. The van der Waals surface area contributed by atoms with E-state index in [9.17, 15) is 4.39 Å². The predicted molar refractivity (Wildman–Crippen MR) is 53.1 cm³/mol. The number of hydrogen-bond donors (Lipinski definition) is 0. The van der Waals surface area contributed by atoms with E-state index in [1.54, 1.807) is 0 Å². The first-order valence-electron chi connectivity index (χ1n) is 4.70. The summed E-state index contributed by atoms with van der Waals surface area (Å²) in [5, 5.41) is -0.0967. The van der Waals surface area contributed by atoms with Gasteiger partial charge in [0.2, 0.25) is 5.82 Å². The third-order valence-corrected chi connectivity index (χ3v) is 2.65. The minimum atomic E-state index is -0.504. The molecular weight excluding hydrogens is 205 g/mol. The van der Waals surface area contributed by atoms with Gasteiger partial charge in [0.1, 0.15) is 6.33 Å². The van der Waals surface area contributed by atoms with E-state index in [1.165, 1.54) is 12.7 Å². The number of piperidine rings is 1. The Morgan fingerprint density at radius 2 is 1.93 bits per heavy atom. The Labute approximate surface area is 86.9 Å². The minimum Gasteiger partial charge on any atom is -0.354 e. The maximum absolute atomic E-state index is 13.5. The molecule has 0 spiro atoms. The second-order valence-electron chi connectivity index (χ2n) is 3.35. The normalized spacial score (nSPS) is 17.1. The quantitative estimate of drug-likeness (QED) is 0.673. The molecule has 1 saturated heterocycles. The van der Waals surface area contributed by atoms with Crippen LogP contribution in [0.5, 0.6) is 0 Å². The van der Waals surface area contributed by atoms with E-state index in [2.05, 4.69) is 9.97 Å². The van der Waals surface area contributed by atoms with E-state index in [1.807, 2.05) is 4.90 Å². The lowest BCUT2D eigenvalue weighted by atomic mass is 10.1. The molecule has 1 aliphatic rings. The number of anilines is 1. The Hall–Kier alpha value is -0.900. The molecule has 2 rings (SSSR count). The van der Waals surface area contributed by atoms with Gasteiger partial charge in [-0.25, -0.2) is 9.97 Å². The highest BCUT2D eigenvalue weighted by molar-refractivity contribution is 6.29. The average molecular weight is 216 g/mol. The molecule has 2 heterocycles. The van der Waals surface area contributed by atoms with Crippen molar-refractivity contribution in [3.8, 4) is 0 Å². The van der Waals surface area contributed by atoms with Crippen LogP contribution in [0.2, 0.25) is 5.15 Å². The number of hydrogen-bond acceptors (Lipinski definition) is 3. The van der Waals surface area contributed by atoms with Crippen molar-refractivity contribution < 1.29 is 4.39 Å². The summed E-state index contributed by atoms with van der Waals surface area (Å²) in [7, 11) is 0. The van der Waals surface area contributed by atoms with Crippen LogP contribution < -0.4 is 4.90 Å². The minimum absolute atomic E-state index is 0.0967. The van der Waals surface area contributed by atoms with E-state index >= 15 is 0 Å². The molecule has 3 nitrogen and oxygen atoms in total. The van der Waals surface area contributed by atoms with Crippen molar-refractivity contribution in [2.24, 2.45) is 0 Å². The molecule has 0 unspecified atom stereocenters. The third kappa shape index (κ3) is 1.80. The molecule has 1 aliphatic heterocycles. The van der Waals surface area contributed by atoms with Crippen molar-refractivity contribution in [1.82, 2.24) is 9.97 Å². The second kappa shape index (κ2) is 4.09. The fourth-order valence-electron chi connectivity index (χ4n) is 1.67. The first kappa shape index (κ1) is 9.65. The first-order valence-corrected chi connectivity index (χ1v) is 5.08. The molecule has 0 bridgehead atoms. The van der Waals surface area contributed by atoms with Gasteiger partial charge >= 0.3 is 0 Å². The molecule has 76 valence electrons. The smallest absolute Gasteiger partial charge is 0.202 e. The maximum Gasteiger partial charge on any atom is 0.202 e. The van der Waals surface area contributed by atoms with Crippen LogP contribution >= 0.6 is 11.6 Å². The number of nitrogens with zero attached hydrogens (tertiary/aromatic N) is 3. The lowest BCUT2D eigenvalue weighted by Gasteiger charge is -2.27. The monoisotopic (exact) mass is 215 g/mol. The molecule has 0 radical (unpaired) electrons. The van der Waals surface area contributed by atoms with Crippen molar-refractivity contribution in [2.45, 2.75) is 19.3 Å². The number of rotatable bonds is 1. The van der Waals surface area contributed by atoms with Crippen molar-refractivity contribution >= 4 is 17.4 Å². The Kier molecular flexibility index (Phi) is 2.82. The van der Waals surface area contributed by atoms with Crippen LogP contribution in [0.25, 0.3) is 0 Å². The van der Waals surface area contributed by atoms with E-state index in [0.29, 0.717) is 5.82 Å². The molecule has 0 aromatic carbocycles. The van der Waals surface area contributed by atoms with Crippen LogP contribution in [0.15, 0.2) is 6.33 Å². The summed E-state index contributed by atoms with van der Waals surface area (Å²) < 4.78 is 13.5. The highest BCUT2D eigenvalue weighted by Gasteiger charge is 2.18. The van der Waals surface area contributed by atoms with Crippen molar-refractivity contribution in [3.05, 3.63) is 17.3 Å². The molecule has 14 heavy (non-hydrogen) atoms. The van der Waals surface area contributed by atoms with Gasteiger partial charge in [-0.15, -0.1) is 0 Å². The highest BCUT2D eigenvalue weighted by Crippen LogP contribution is 2.23. The number of halogens is 2. The van der Waals surface area contributed by atoms with Gasteiger partial charge in [0.05, 0.1) is 0 Å². The Balaban J connectivity index is 2.26. The Morgan fingerprint density at radius 3 is 2.64 bits per heavy atom. The average Bonchev–Trinajstić information content (AvgIpc) is 2.23. The molecule has 1 aromatic rings. The van der Waals surface area contributed by atoms with Gasteiger partial charge in [0.25, 0.3) is 0 Å². The zero-order valence-corrected chi connectivity index (χ0v) is 8.47. The van der Waals surface area contributed by atoms with Gasteiger partial charge in [-0.2, -0.15) is 4.39 Å². The van der Waals surface area contributed by atoms with Gasteiger partial charge in [0.15, 0.2) is 11.0 Å². The van der Waals surface area contributed by atoms with Crippen molar-refractivity contribution in [3.63, 3.8) is 0 Å². The summed E-state index contributed by atoms with van der Waals surface area (Å²) in [6.07, 6.45) is 4.68. The van der Waals surface area contributed by atoms with E-state index in [4.69, 9.17) is 11.6 Å². The van der Waals surface area contributed by atoms with Crippen LogP contribution in [-0.2, 0) is 0 Å². The van der Waals surface area contributed by atoms with Gasteiger partial charge in [0, 0.05) is 13.1 Å². The summed E-state index contributed by atoms with van der Waals surface area (Å²) in [6, 6.07) is 0. The summed E-state index contributed by atoms with van der Waals surface area (Å²) in [4.78, 5) is 9.43. The van der Waals surface area contributed by atoms with E-state index in [-0.39, 0.29) is 5.15 Å². The van der Waals surface area contributed by atoms with E-state index < -0.39 is 5.82 Å². The van der Waals surface area contributed by atoms with Crippen molar-refractivity contribution in [2.75, 3.05) is 18.0 Å². The lowest BCUT2D eigenvalue weighted by Crippen LogP contribution is -2.31.